The number of carboxylic acid groups (broad SMARTS) is 1. The molecule has 2 aliphatic heterocycles. The molecule has 1 N–H and O–H groups in total. The summed E-state index contributed by atoms with van der Waals surface area (Å²) in [5, 5.41) is 9.70. The fourth-order valence-corrected chi connectivity index (χ4v) is 3.73. The van der Waals surface area contributed by atoms with Crippen LogP contribution >= 0.6 is 0 Å². The second kappa shape index (κ2) is 7.98. The molecule has 0 amide bonds. The molecule has 1 atom stereocenters. The molecule has 1 aromatic heterocycles. The SMILES string of the molecule is CN(CC1CCCN1C)c1ncc(C(C)(C)C(=O)O)c(N2CCOCC2)n1. The number of carbonyl (C=O) groups is 1. The van der Waals surface area contributed by atoms with Gasteiger partial charge < -0.3 is 24.5 Å². The molecule has 1 unspecified atom stereocenters. The Morgan fingerprint density at radius 3 is 2.67 bits per heavy atom. The maximum atomic E-state index is 11.8. The summed E-state index contributed by atoms with van der Waals surface area (Å²) in [5.41, 5.74) is -0.414. The summed E-state index contributed by atoms with van der Waals surface area (Å²) in [6, 6.07) is 0.501. The van der Waals surface area contributed by atoms with Gasteiger partial charge in [0.1, 0.15) is 5.82 Å². The third kappa shape index (κ3) is 4.16. The van der Waals surface area contributed by atoms with Crippen LogP contribution in [0.5, 0.6) is 0 Å². The number of likely N-dealkylation sites (N-methyl/N-ethyl adjacent to an activating group) is 2. The van der Waals surface area contributed by atoms with Crippen LogP contribution in [0.4, 0.5) is 11.8 Å². The Bertz CT molecular complexity index is 675. The molecule has 2 saturated heterocycles. The van der Waals surface area contributed by atoms with Gasteiger partial charge in [-0.1, -0.05) is 0 Å². The lowest BCUT2D eigenvalue weighted by molar-refractivity contribution is -0.142. The van der Waals surface area contributed by atoms with Crippen molar-refractivity contribution >= 4 is 17.7 Å². The van der Waals surface area contributed by atoms with Crippen LogP contribution in [0.3, 0.4) is 0 Å². The molecule has 8 heteroatoms. The van der Waals surface area contributed by atoms with Gasteiger partial charge in [0.05, 0.1) is 18.6 Å². The summed E-state index contributed by atoms with van der Waals surface area (Å²) in [6.45, 7) is 8.04. The van der Waals surface area contributed by atoms with Crippen molar-refractivity contribution in [2.75, 3.05) is 63.3 Å². The molecule has 2 aliphatic rings. The second-order valence-electron chi connectivity index (χ2n) is 8.09. The zero-order valence-electron chi connectivity index (χ0n) is 16.8. The van der Waals surface area contributed by atoms with E-state index in [1.807, 2.05) is 7.05 Å². The minimum Gasteiger partial charge on any atom is -0.481 e. The molecule has 3 heterocycles. The second-order valence-corrected chi connectivity index (χ2v) is 8.09. The van der Waals surface area contributed by atoms with Crippen LogP contribution in [0.15, 0.2) is 6.20 Å². The number of hydrogen-bond acceptors (Lipinski definition) is 7. The summed E-state index contributed by atoms with van der Waals surface area (Å²) >= 11 is 0. The van der Waals surface area contributed by atoms with Gasteiger partial charge in [0, 0.05) is 44.5 Å². The minimum atomic E-state index is -1.06. The predicted octanol–water partition coefficient (Wildman–Crippen LogP) is 1.21. The van der Waals surface area contributed by atoms with Gasteiger partial charge in [0.2, 0.25) is 5.95 Å². The van der Waals surface area contributed by atoms with Gasteiger partial charge in [0.25, 0.3) is 0 Å². The molecule has 0 aromatic carbocycles. The van der Waals surface area contributed by atoms with Crippen LogP contribution in [-0.4, -0.2) is 85.5 Å². The van der Waals surface area contributed by atoms with Crippen molar-refractivity contribution < 1.29 is 14.6 Å². The van der Waals surface area contributed by atoms with Crippen molar-refractivity contribution in [3.8, 4) is 0 Å². The highest BCUT2D eigenvalue weighted by molar-refractivity contribution is 5.82. The number of morpholine rings is 1. The number of carboxylic acids is 1. The third-order valence-electron chi connectivity index (χ3n) is 5.77. The van der Waals surface area contributed by atoms with E-state index in [1.165, 1.54) is 12.8 Å². The first-order chi connectivity index (χ1) is 12.8. The highest BCUT2D eigenvalue weighted by Gasteiger charge is 2.35. The third-order valence-corrected chi connectivity index (χ3v) is 5.77. The van der Waals surface area contributed by atoms with Crippen LogP contribution in [0.2, 0.25) is 0 Å². The molecule has 0 bridgehead atoms. The first kappa shape index (κ1) is 19.8. The molecule has 150 valence electrons. The van der Waals surface area contributed by atoms with E-state index in [0.717, 1.165) is 13.1 Å². The van der Waals surface area contributed by atoms with Gasteiger partial charge in [-0.15, -0.1) is 0 Å². The summed E-state index contributed by atoms with van der Waals surface area (Å²) in [5.74, 6) is 0.471. The monoisotopic (exact) mass is 377 g/mol. The van der Waals surface area contributed by atoms with Gasteiger partial charge in [-0.2, -0.15) is 4.98 Å². The van der Waals surface area contributed by atoms with Crippen molar-refractivity contribution in [2.24, 2.45) is 0 Å². The highest BCUT2D eigenvalue weighted by Crippen LogP contribution is 2.32. The number of rotatable bonds is 6. The Balaban J connectivity index is 1.91. The van der Waals surface area contributed by atoms with E-state index >= 15 is 0 Å². The Labute approximate surface area is 161 Å². The smallest absolute Gasteiger partial charge is 0.313 e. The highest BCUT2D eigenvalue weighted by atomic mass is 16.5. The summed E-state index contributed by atoms with van der Waals surface area (Å²) in [6.07, 6.45) is 4.10. The molecule has 8 nitrogen and oxygen atoms in total. The Morgan fingerprint density at radius 2 is 2.07 bits per heavy atom. The lowest BCUT2D eigenvalue weighted by Gasteiger charge is -2.33. The molecule has 0 aliphatic carbocycles. The van der Waals surface area contributed by atoms with E-state index < -0.39 is 11.4 Å². The number of ether oxygens (including phenoxy) is 1. The number of hydrogen-bond donors (Lipinski definition) is 1. The maximum Gasteiger partial charge on any atom is 0.313 e. The first-order valence-electron chi connectivity index (χ1n) is 9.65. The van der Waals surface area contributed by atoms with Gasteiger partial charge in [-0.05, 0) is 40.3 Å². The zero-order valence-corrected chi connectivity index (χ0v) is 16.8. The standard InChI is InChI=1S/C19H31N5O3/c1-19(2,17(25)26)15-12-20-18(21-16(15)24-8-10-27-11-9-24)23(4)13-14-6-5-7-22(14)3/h12,14H,5-11,13H2,1-4H3,(H,25,26). The van der Waals surface area contributed by atoms with Gasteiger partial charge in [-0.25, -0.2) is 4.98 Å². The largest absolute Gasteiger partial charge is 0.481 e. The molecule has 1 aromatic rings. The Kier molecular flexibility index (Phi) is 5.86. The summed E-state index contributed by atoms with van der Waals surface area (Å²) in [7, 11) is 4.16. The fraction of sp³-hybridized carbons (Fsp3) is 0.737. The molecule has 0 spiro atoms. The van der Waals surface area contributed by atoms with Crippen LogP contribution in [0, 0.1) is 0 Å². The molecule has 27 heavy (non-hydrogen) atoms. The number of likely N-dealkylation sites (tertiary alicyclic amines) is 1. The van der Waals surface area contributed by atoms with E-state index in [2.05, 4.69) is 26.7 Å². The van der Waals surface area contributed by atoms with Crippen molar-refractivity contribution in [3.05, 3.63) is 11.8 Å². The normalized spacial score (nSPS) is 21.5. The number of aliphatic carboxylic acids is 1. The van der Waals surface area contributed by atoms with Crippen molar-refractivity contribution in [3.63, 3.8) is 0 Å². The number of nitrogens with zero attached hydrogens (tertiary/aromatic N) is 5. The van der Waals surface area contributed by atoms with Crippen molar-refractivity contribution in [1.29, 1.82) is 0 Å². The van der Waals surface area contributed by atoms with Crippen molar-refractivity contribution in [1.82, 2.24) is 14.9 Å². The molecular formula is C19H31N5O3. The first-order valence-corrected chi connectivity index (χ1v) is 9.65. The molecular weight excluding hydrogens is 346 g/mol. The Morgan fingerprint density at radius 1 is 1.37 bits per heavy atom. The minimum absolute atomic E-state index is 0.501. The lowest BCUT2D eigenvalue weighted by atomic mass is 9.85. The number of anilines is 2. The average Bonchev–Trinajstić information content (AvgIpc) is 3.06. The van der Waals surface area contributed by atoms with Gasteiger partial charge >= 0.3 is 5.97 Å². The zero-order chi connectivity index (χ0) is 19.6. The van der Waals surface area contributed by atoms with E-state index in [-0.39, 0.29) is 0 Å². The van der Waals surface area contributed by atoms with E-state index in [4.69, 9.17) is 9.72 Å². The van der Waals surface area contributed by atoms with Crippen LogP contribution in [-0.2, 0) is 14.9 Å². The molecule has 0 saturated carbocycles. The van der Waals surface area contributed by atoms with Crippen LogP contribution in [0.25, 0.3) is 0 Å². The summed E-state index contributed by atoms with van der Waals surface area (Å²) < 4.78 is 5.45. The average molecular weight is 377 g/mol. The fourth-order valence-electron chi connectivity index (χ4n) is 3.73. The molecule has 3 rings (SSSR count). The van der Waals surface area contributed by atoms with Crippen LogP contribution in [0.1, 0.15) is 32.3 Å². The van der Waals surface area contributed by atoms with Crippen LogP contribution < -0.4 is 9.80 Å². The van der Waals surface area contributed by atoms with Crippen molar-refractivity contribution in [2.45, 2.75) is 38.1 Å². The molecule has 2 fully saturated rings. The number of aromatic nitrogens is 2. The van der Waals surface area contributed by atoms with E-state index in [9.17, 15) is 9.90 Å². The predicted molar refractivity (Wildman–Crippen MR) is 105 cm³/mol. The Hall–Kier alpha value is -1.93. The maximum absolute atomic E-state index is 11.8. The molecule has 0 radical (unpaired) electrons. The van der Waals surface area contributed by atoms with Gasteiger partial charge in [0.15, 0.2) is 0 Å². The summed E-state index contributed by atoms with van der Waals surface area (Å²) in [4.78, 5) is 27.7. The van der Waals surface area contributed by atoms with E-state index in [0.29, 0.717) is 49.7 Å². The quantitative estimate of drug-likeness (QED) is 0.792. The lowest BCUT2D eigenvalue weighted by Crippen LogP contribution is -2.41. The van der Waals surface area contributed by atoms with E-state index in [1.54, 1.807) is 20.0 Å². The topological polar surface area (TPSA) is 82.0 Å². The van der Waals surface area contributed by atoms with Gasteiger partial charge in [-0.3, -0.25) is 4.79 Å².